The van der Waals surface area contributed by atoms with Gasteiger partial charge >= 0.3 is 12.5 Å². The second kappa shape index (κ2) is 9.82. The number of halogens is 3. The van der Waals surface area contributed by atoms with Crippen LogP contribution in [-0.2, 0) is 27.3 Å². The van der Waals surface area contributed by atoms with Gasteiger partial charge in [-0.15, -0.1) is 13.2 Å². The molecule has 2 aromatic carbocycles. The van der Waals surface area contributed by atoms with Crippen LogP contribution in [0.25, 0.3) is 0 Å². The molecule has 33 heavy (non-hydrogen) atoms. The van der Waals surface area contributed by atoms with Gasteiger partial charge in [-0.25, -0.2) is 4.79 Å². The van der Waals surface area contributed by atoms with E-state index < -0.39 is 12.5 Å². The summed E-state index contributed by atoms with van der Waals surface area (Å²) >= 11 is 0. The first-order valence-corrected chi connectivity index (χ1v) is 10.7. The average molecular weight is 463 g/mol. The van der Waals surface area contributed by atoms with Crippen molar-refractivity contribution in [1.82, 2.24) is 4.90 Å². The first-order valence-electron chi connectivity index (χ1n) is 10.7. The molecule has 0 saturated carbocycles. The number of rotatable bonds is 6. The van der Waals surface area contributed by atoms with Crippen molar-refractivity contribution in [3.05, 3.63) is 65.7 Å². The topological polar surface area (TPSA) is 65.1 Å². The Morgan fingerprint density at radius 1 is 0.939 bits per heavy atom. The fourth-order valence-corrected chi connectivity index (χ4v) is 4.42. The second-order valence-electron chi connectivity index (χ2n) is 8.30. The summed E-state index contributed by atoms with van der Waals surface area (Å²) in [5.74, 6) is -0.588. The third-order valence-corrected chi connectivity index (χ3v) is 5.93. The zero-order chi connectivity index (χ0) is 23.4. The molecular weight excluding hydrogens is 439 g/mol. The lowest BCUT2D eigenvalue weighted by molar-refractivity contribution is -0.274. The van der Waals surface area contributed by atoms with E-state index in [0.29, 0.717) is 31.6 Å². The molecule has 0 aliphatic carbocycles. The molecule has 4 rings (SSSR count). The van der Waals surface area contributed by atoms with Gasteiger partial charge in [0.05, 0.1) is 25.3 Å². The van der Waals surface area contributed by atoms with Gasteiger partial charge in [0.2, 0.25) is 0 Å². The highest BCUT2D eigenvalue weighted by molar-refractivity contribution is 5.84. The molecule has 2 unspecified atom stereocenters. The molecule has 2 fully saturated rings. The van der Waals surface area contributed by atoms with Gasteiger partial charge in [-0.05, 0) is 36.1 Å². The summed E-state index contributed by atoms with van der Waals surface area (Å²) in [7, 11) is 0. The number of amides is 1. The lowest BCUT2D eigenvalue weighted by Crippen LogP contribution is -2.60. The number of ketones is 1. The highest BCUT2D eigenvalue weighted by atomic mass is 19.4. The van der Waals surface area contributed by atoms with E-state index in [9.17, 15) is 22.8 Å². The van der Waals surface area contributed by atoms with Crippen LogP contribution in [0.5, 0.6) is 5.75 Å². The van der Waals surface area contributed by atoms with Crippen molar-refractivity contribution >= 4 is 11.9 Å². The van der Waals surface area contributed by atoms with Crippen LogP contribution in [0.3, 0.4) is 0 Å². The molecule has 0 radical (unpaired) electrons. The van der Waals surface area contributed by atoms with Gasteiger partial charge in [0, 0.05) is 12.3 Å². The van der Waals surface area contributed by atoms with Crippen LogP contribution in [0.2, 0.25) is 0 Å². The highest BCUT2D eigenvalue weighted by Crippen LogP contribution is 2.33. The summed E-state index contributed by atoms with van der Waals surface area (Å²) in [5, 5.41) is 0. The molecule has 2 bridgehead atoms. The summed E-state index contributed by atoms with van der Waals surface area (Å²) < 4.78 is 51.9. The number of hydrogen-bond donors (Lipinski definition) is 0. The minimum atomic E-state index is -4.76. The number of ether oxygens (including phenoxy) is 3. The number of fused-ring (bicyclic) bond motifs is 2. The summed E-state index contributed by atoms with van der Waals surface area (Å²) in [6, 6.07) is 14.2. The average Bonchev–Trinajstić information content (AvgIpc) is 2.77. The van der Waals surface area contributed by atoms with Crippen LogP contribution in [-0.4, -0.2) is 48.4 Å². The van der Waals surface area contributed by atoms with Gasteiger partial charge in [0.15, 0.2) is 0 Å². The Balaban J connectivity index is 1.34. The number of alkyl halides is 3. The molecule has 2 atom stereocenters. The van der Waals surface area contributed by atoms with E-state index in [2.05, 4.69) is 4.74 Å². The predicted octanol–water partition coefficient (Wildman–Crippen LogP) is 4.51. The van der Waals surface area contributed by atoms with E-state index in [-0.39, 0.29) is 42.6 Å². The van der Waals surface area contributed by atoms with Crippen LogP contribution in [0.15, 0.2) is 54.6 Å². The van der Waals surface area contributed by atoms with E-state index >= 15 is 0 Å². The van der Waals surface area contributed by atoms with Crippen molar-refractivity contribution in [3.63, 3.8) is 0 Å². The number of benzene rings is 2. The first kappa shape index (κ1) is 23.1. The molecule has 2 aliphatic rings. The third kappa shape index (κ3) is 6.04. The second-order valence-corrected chi connectivity index (χ2v) is 8.30. The largest absolute Gasteiger partial charge is 0.573 e. The maximum Gasteiger partial charge on any atom is 0.573 e. The number of piperidine rings is 1. The summed E-state index contributed by atoms with van der Waals surface area (Å²) in [6.45, 7) is 0.848. The van der Waals surface area contributed by atoms with Gasteiger partial charge in [-0.3, -0.25) is 9.69 Å². The van der Waals surface area contributed by atoms with Crippen molar-refractivity contribution in [2.75, 3.05) is 13.2 Å². The van der Waals surface area contributed by atoms with Crippen LogP contribution in [0, 0.1) is 5.92 Å². The quantitative estimate of drug-likeness (QED) is 0.631. The Kier molecular flexibility index (Phi) is 6.88. The van der Waals surface area contributed by atoms with Gasteiger partial charge in [0.25, 0.3) is 0 Å². The van der Waals surface area contributed by atoms with Gasteiger partial charge < -0.3 is 14.2 Å². The third-order valence-electron chi connectivity index (χ3n) is 5.93. The smallest absolute Gasteiger partial charge is 0.445 e. The normalized spacial score (nSPS) is 22.5. The Labute approximate surface area is 189 Å². The summed E-state index contributed by atoms with van der Waals surface area (Å²) in [6.07, 6.45) is -4.14. The number of carbonyl (C=O) groups excluding carboxylic acids is 2. The number of nitrogens with zero attached hydrogens (tertiary/aromatic N) is 1. The van der Waals surface area contributed by atoms with E-state index in [4.69, 9.17) is 9.47 Å². The molecule has 2 aromatic rings. The standard InChI is InChI=1S/C24H24F3NO5/c25-24(26,27)33-21-8-6-16(7-9-21)10-22(29)18-11-19-14-31-15-20(12-18)28(19)23(30)32-13-17-4-2-1-3-5-17/h1-9,18-20H,10-15H2. The molecule has 6 nitrogen and oxygen atoms in total. The molecule has 0 spiro atoms. The van der Waals surface area contributed by atoms with Crippen molar-refractivity contribution < 1.29 is 37.0 Å². The SMILES string of the molecule is O=C(Cc1ccc(OC(F)(F)F)cc1)C1CC2COCC(C1)N2C(=O)OCc1ccccc1. The first-order chi connectivity index (χ1) is 15.8. The number of morpholine rings is 1. The summed E-state index contributed by atoms with van der Waals surface area (Å²) in [5.41, 5.74) is 1.50. The Morgan fingerprint density at radius 3 is 2.18 bits per heavy atom. The minimum absolute atomic E-state index is 0.00584. The van der Waals surface area contributed by atoms with Crippen molar-refractivity contribution in [3.8, 4) is 5.75 Å². The molecule has 0 aromatic heterocycles. The van der Waals surface area contributed by atoms with E-state index in [1.54, 1.807) is 4.90 Å². The molecule has 2 saturated heterocycles. The lowest BCUT2D eigenvalue weighted by Gasteiger charge is -2.47. The maximum absolute atomic E-state index is 12.9. The molecule has 2 heterocycles. The Hall–Kier alpha value is -3.07. The number of Topliss-reactive ketones (excluding diaryl/α,β-unsaturated/α-hetero) is 1. The Morgan fingerprint density at radius 2 is 1.58 bits per heavy atom. The molecular formula is C24H24F3NO5. The monoisotopic (exact) mass is 463 g/mol. The van der Waals surface area contributed by atoms with Crippen LogP contribution < -0.4 is 4.74 Å². The fourth-order valence-electron chi connectivity index (χ4n) is 4.42. The minimum Gasteiger partial charge on any atom is -0.445 e. The maximum atomic E-state index is 12.9. The van der Waals surface area contributed by atoms with Crippen molar-refractivity contribution in [1.29, 1.82) is 0 Å². The predicted molar refractivity (Wildman–Crippen MR) is 111 cm³/mol. The van der Waals surface area contributed by atoms with E-state index in [1.165, 1.54) is 24.3 Å². The van der Waals surface area contributed by atoms with E-state index in [1.807, 2.05) is 30.3 Å². The van der Waals surface area contributed by atoms with Crippen LogP contribution in [0.1, 0.15) is 24.0 Å². The zero-order valence-corrected chi connectivity index (χ0v) is 17.8. The summed E-state index contributed by atoms with van der Waals surface area (Å²) in [4.78, 5) is 27.4. The molecule has 176 valence electrons. The van der Waals surface area contributed by atoms with E-state index in [0.717, 1.165) is 5.56 Å². The molecule has 1 amide bonds. The van der Waals surface area contributed by atoms with Gasteiger partial charge in [-0.1, -0.05) is 42.5 Å². The molecule has 9 heteroatoms. The molecule has 0 N–H and O–H groups in total. The Bertz CT molecular complexity index is 950. The fraction of sp³-hybridized carbons (Fsp3) is 0.417. The number of carbonyl (C=O) groups is 2. The van der Waals surface area contributed by atoms with Crippen molar-refractivity contribution in [2.24, 2.45) is 5.92 Å². The van der Waals surface area contributed by atoms with Crippen LogP contribution >= 0.6 is 0 Å². The highest BCUT2D eigenvalue weighted by Gasteiger charge is 2.44. The number of hydrogen-bond acceptors (Lipinski definition) is 5. The van der Waals surface area contributed by atoms with Crippen molar-refractivity contribution in [2.45, 2.75) is 44.3 Å². The molecule has 2 aliphatic heterocycles. The lowest BCUT2D eigenvalue weighted by atomic mass is 9.81. The van der Waals surface area contributed by atoms with Gasteiger partial charge in [-0.2, -0.15) is 0 Å². The van der Waals surface area contributed by atoms with Gasteiger partial charge in [0.1, 0.15) is 18.1 Å². The van der Waals surface area contributed by atoms with Crippen LogP contribution in [0.4, 0.5) is 18.0 Å². The zero-order valence-electron chi connectivity index (χ0n) is 17.8.